The largest absolute Gasteiger partial charge is 0.497 e. The first kappa shape index (κ1) is 22.7. The number of carbonyl (C=O) groups is 1. The Hall–Kier alpha value is -2.53. The highest BCUT2D eigenvalue weighted by Gasteiger charge is 2.31. The molecule has 4 rings (SSSR count). The molecular weight excluding hydrogens is 477 g/mol. The van der Waals surface area contributed by atoms with Gasteiger partial charge in [0.2, 0.25) is 10.0 Å². The Kier molecular flexibility index (Phi) is 6.47. The molecule has 0 unspecified atom stereocenters. The Morgan fingerprint density at radius 3 is 2.44 bits per heavy atom. The number of methoxy groups -OCH3 is 1. The molecule has 11 heteroatoms. The summed E-state index contributed by atoms with van der Waals surface area (Å²) >= 11 is 7.09. The van der Waals surface area contributed by atoms with E-state index in [0.29, 0.717) is 10.7 Å². The van der Waals surface area contributed by atoms with Crippen molar-refractivity contribution in [2.45, 2.75) is 4.90 Å². The number of piperazine rings is 1. The molecule has 1 saturated heterocycles. The summed E-state index contributed by atoms with van der Waals surface area (Å²) in [6.07, 6.45) is 0. The summed E-state index contributed by atoms with van der Waals surface area (Å²) in [6.45, 7) is 0.696. The van der Waals surface area contributed by atoms with Crippen LogP contribution in [0.25, 0.3) is 10.6 Å². The van der Waals surface area contributed by atoms with Gasteiger partial charge in [-0.15, -0.1) is 11.3 Å². The number of halogens is 2. The molecule has 0 bridgehead atoms. The summed E-state index contributed by atoms with van der Waals surface area (Å²) in [5, 5.41) is 2.16. The number of rotatable bonds is 5. The molecule has 1 aliphatic rings. The topological polar surface area (TPSA) is 79.8 Å². The molecule has 1 amide bonds. The van der Waals surface area contributed by atoms with Crippen LogP contribution in [0.4, 0.5) is 4.39 Å². The summed E-state index contributed by atoms with van der Waals surface area (Å²) in [5.74, 6) is -0.196. The first-order chi connectivity index (χ1) is 15.3. The van der Waals surface area contributed by atoms with Crippen molar-refractivity contribution in [3.8, 4) is 16.3 Å². The SMILES string of the molecule is COc1ccc(-c2nc(C(=O)N3CCN(S(=O)(=O)c4ccc(F)c(Cl)c4)CC3)cs2)cc1. The number of aromatic nitrogens is 1. The lowest BCUT2D eigenvalue weighted by molar-refractivity contribution is 0.0693. The second-order valence-corrected chi connectivity index (χ2v) is 10.2. The molecule has 2 aromatic carbocycles. The quantitative estimate of drug-likeness (QED) is 0.538. The second kappa shape index (κ2) is 9.14. The summed E-state index contributed by atoms with van der Waals surface area (Å²) in [5.41, 5.74) is 1.20. The van der Waals surface area contributed by atoms with Gasteiger partial charge in [-0.1, -0.05) is 11.6 Å². The second-order valence-electron chi connectivity index (χ2n) is 7.04. The summed E-state index contributed by atoms with van der Waals surface area (Å²) in [7, 11) is -2.24. The minimum absolute atomic E-state index is 0.0766. The van der Waals surface area contributed by atoms with Gasteiger partial charge in [-0.3, -0.25) is 4.79 Å². The molecule has 32 heavy (non-hydrogen) atoms. The van der Waals surface area contributed by atoms with E-state index in [1.165, 1.54) is 21.7 Å². The molecule has 1 fully saturated rings. The Labute approximate surface area is 194 Å². The Balaban J connectivity index is 1.42. The van der Waals surface area contributed by atoms with Crippen LogP contribution in [-0.2, 0) is 10.0 Å². The Bertz CT molecular complexity index is 1240. The number of nitrogens with zero attached hydrogens (tertiary/aromatic N) is 3. The van der Waals surface area contributed by atoms with E-state index in [1.54, 1.807) is 17.4 Å². The van der Waals surface area contributed by atoms with E-state index >= 15 is 0 Å². The highest BCUT2D eigenvalue weighted by atomic mass is 35.5. The number of ether oxygens (including phenoxy) is 1. The third-order valence-electron chi connectivity index (χ3n) is 5.11. The molecule has 0 aliphatic carbocycles. The lowest BCUT2D eigenvalue weighted by Crippen LogP contribution is -2.50. The number of benzene rings is 2. The van der Waals surface area contributed by atoms with Crippen LogP contribution < -0.4 is 4.74 Å². The molecule has 0 spiro atoms. The van der Waals surface area contributed by atoms with Crippen LogP contribution in [0.5, 0.6) is 5.75 Å². The molecule has 0 N–H and O–H groups in total. The normalized spacial score (nSPS) is 15.0. The number of carbonyl (C=O) groups excluding carboxylic acids is 1. The number of sulfonamides is 1. The molecule has 0 atom stereocenters. The van der Waals surface area contributed by atoms with Gasteiger partial charge in [0.25, 0.3) is 5.91 Å². The maximum atomic E-state index is 13.4. The van der Waals surface area contributed by atoms with Crippen LogP contribution in [0.1, 0.15) is 10.5 Å². The number of hydrogen-bond donors (Lipinski definition) is 0. The molecule has 0 radical (unpaired) electrons. The van der Waals surface area contributed by atoms with Crippen molar-refractivity contribution >= 4 is 38.9 Å². The Morgan fingerprint density at radius 1 is 1.12 bits per heavy atom. The number of amides is 1. The van der Waals surface area contributed by atoms with Crippen molar-refractivity contribution in [3.05, 3.63) is 64.4 Å². The first-order valence-electron chi connectivity index (χ1n) is 9.64. The van der Waals surface area contributed by atoms with Gasteiger partial charge >= 0.3 is 0 Å². The van der Waals surface area contributed by atoms with Crippen LogP contribution in [0.15, 0.2) is 52.7 Å². The van der Waals surface area contributed by atoms with Crippen LogP contribution in [0.3, 0.4) is 0 Å². The minimum Gasteiger partial charge on any atom is -0.497 e. The van der Waals surface area contributed by atoms with E-state index in [4.69, 9.17) is 16.3 Å². The van der Waals surface area contributed by atoms with E-state index in [1.807, 2.05) is 24.3 Å². The van der Waals surface area contributed by atoms with E-state index < -0.39 is 15.8 Å². The van der Waals surface area contributed by atoms with Crippen molar-refractivity contribution in [2.75, 3.05) is 33.3 Å². The highest BCUT2D eigenvalue weighted by Crippen LogP contribution is 2.27. The maximum absolute atomic E-state index is 13.4. The van der Waals surface area contributed by atoms with Gasteiger partial charge in [0.05, 0.1) is 17.0 Å². The molecule has 168 valence electrons. The zero-order valence-corrected chi connectivity index (χ0v) is 19.4. The zero-order chi connectivity index (χ0) is 22.9. The lowest BCUT2D eigenvalue weighted by Gasteiger charge is -2.33. The Morgan fingerprint density at radius 2 is 1.81 bits per heavy atom. The molecule has 7 nitrogen and oxygen atoms in total. The van der Waals surface area contributed by atoms with Crippen molar-refractivity contribution < 1.29 is 22.3 Å². The van der Waals surface area contributed by atoms with Crippen molar-refractivity contribution in [2.24, 2.45) is 0 Å². The van der Waals surface area contributed by atoms with Crippen LogP contribution in [0.2, 0.25) is 5.02 Å². The van der Waals surface area contributed by atoms with Crippen molar-refractivity contribution in [1.29, 1.82) is 0 Å². The van der Waals surface area contributed by atoms with Crippen LogP contribution >= 0.6 is 22.9 Å². The fourth-order valence-electron chi connectivity index (χ4n) is 3.32. The van der Waals surface area contributed by atoms with E-state index in [2.05, 4.69) is 4.98 Å². The standard InChI is InChI=1S/C21H19ClFN3O4S2/c1-30-15-4-2-14(3-5-15)20-24-19(13-31-20)21(27)25-8-10-26(11-9-25)32(28,29)16-6-7-18(23)17(22)12-16/h2-7,12-13H,8-11H2,1H3. The molecular formula is C21H19ClFN3O4S2. The van der Waals surface area contributed by atoms with Crippen LogP contribution in [-0.4, -0.2) is 61.8 Å². The average Bonchev–Trinajstić information content (AvgIpc) is 3.31. The van der Waals surface area contributed by atoms with Gasteiger partial charge in [-0.05, 0) is 42.5 Å². The van der Waals surface area contributed by atoms with Gasteiger partial charge in [0, 0.05) is 37.1 Å². The predicted molar refractivity (Wildman–Crippen MR) is 120 cm³/mol. The fourth-order valence-corrected chi connectivity index (χ4v) is 5.81. The number of thiazole rings is 1. The predicted octanol–water partition coefficient (Wildman–Crippen LogP) is 3.76. The molecule has 1 aromatic heterocycles. The summed E-state index contributed by atoms with van der Waals surface area (Å²) in [6, 6.07) is 10.7. The zero-order valence-electron chi connectivity index (χ0n) is 17.0. The van der Waals surface area contributed by atoms with Crippen molar-refractivity contribution in [1.82, 2.24) is 14.2 Å². The van der Waals surface area contributed by atoms with E-state index in [0.717, 1.165) is 23.4 Å². The molecule has 2 heterocycles. The summed E-state index contributed by atoms with van der Waals surface area (Å²) in [4.78, 5) is 18.8. The van der Waals surface area contributed by atoms with Gasteiger partial charge in [0.15, 0.2) is 0 Å². The third kappa shape index (κ3) is 4.49. The van der Waals surface area contributed by atoms with Gasteiger partial charge in [0.1, 0.15) is 22.3 Å². The third-order valence-corrected chi connectivity index (χ3v) is 8.19. The molecule has 0 saturated carbocycles. The highest BCUT2D eigenvalue weighted by molar-refractivity contribution is 7.89. The van der Waals surface area contributed by atoms with Crippen LogP contribution in [0, 0.1) is 5.82 Å². The van der Waals surface area contributed by atoms with E-state index in [9.17, 15) is 17.6 Å². The average molecular weight is 496 g/mol. The molecule has 1 aliphatic heterocycles. The monoisotopic (exact) mass is 495 g/mol. The first-order valence-corrected chi connectivity index (χ1v) is 12.3. The fraction of sp³-hybridized carbons (Fsp3) is 0.238. The maximum Gasteiger partial charge on any atom is 0.273 e. The van der Waals surface area contributed by atoms with E-state index in [-0.39, 0.29) is 42.0 Å². The van der Waals surface area contributed by atoms with Crippen molar-refractivity contribution in [3.63, 3.8) is 0 Å². The smallest absolute Gasteiger partial charge is 0.273 e. The van der Waals surface area contributed by atoms with Gasteiger partial charge in [-0.2, -0.15) is 4.31 Å². The lowest BCUT2D eigenvalue weighted by atomic mass is 10.2. The summed E-state index contributed by atoms with van der Waals surface area (Å²) < 4.78 is 45.4. The van der Waals surface area contributed by atoms with Gasteiger partial charge in [-0.25, -0.2) is 17.8 Å². The minimum atomic E-state index is -3.83. The number of hydrogen-bond acceptors (Lipinski definition) is 6. The molecule has 3 aromatic rings. The van der Waals surface area contributed by atoms with Gasteiger partial charge < -0.3 is 9.64 Å².